The molecule has 2 rings (SSSR count). The van der Waals surface area contributed by atoms with E-state index < -0.39 is 0 Å². The highest BCUT2D eigenvalue weighted by Crippen LogP contribution is 2.19. The molecule has 0 aromatic heterocycles. The zero-order valence-corrected chi connectivity index (χ0v) is 10.9. The Morgan fingerprint density at radius 2 is 2.22 bits per heavy atom. The number of methoxy groups -OCH3 is 1. The van der Waals surface area contributed by atoms with Crippen molar-refractivity contribution in [3.63, 3.8) is 0 Å². The van der Waals surface area contributed by atoms with E-state index in [1.54, 1.807) is 19.2 Å². The number of hydrogen-bond donors (Lipinski definition) is 1. The van der Waals surface area contributed by atoms with E-state index in [2.05, 4.69) is 4.90 Å². The minimum atomic E-state index is -0.163. The van der Waals surface area contributed by atoms with Crippen molar-refractivity contribution >= 4 is 0 Å². The molecule has 18 heavy (non-hydrogen) atoms. The Hall–Kier alpha value is -1.13. The molecule has 100 valence electrons. The molecule has 1 unspecified atom stereocenters. The molecule has 1 aliphatic heterocycles. The lowest BCUT2D eigenvalue weighted by Crippen LogP contribution is -2.26. The maximum absolute atomic E-state index is 13.7. The standard InChI is InChI=1S/C14H21FN2O/c1-18-13-4-5-14(15)11(9-13)10-17-7-2-3-12(16)6-8-17/h4-5,9,12H,2-3,6-8,10,16H2,1H3. The van der Waals surface area contributed by atoms with Gasteiger partial charge in [-0.1, -0.05) is 0 Å². The van der Waals surface area contributed by atoms with Crippen molar-refractivity contribution < 1.29 is 9.13 Å². The Bertz CT molecular complexity index is 397. The van der Waals surface area contributed by atoms with E-state index in [1.807, 2.05) is 0 Å². The fraction of sp³-hybridized carbons (Fsp3) is 0.571. The summed E-state index contributed by atoms with van der Waals surface area (Å²) in [5, 5.41) is 0. The summed E-state index contributed by atoms with van der Waals surface area (Å²) >= 11 is 0. The average Bonchev–Trinajstić information content (AvgIpc) is 2.57. The van der Waals surface area contributed by atoms with Gasteiger partial charge in [0.15, 0.2) is 0 Å². The van der Waals surface area contributed by atoms with Crippen molar-refractivity contribution in [1.29, 1.82) is 0 Å². The second-order valence-corrected chi connectivity index (χ2v) is 4.92. The van der Waals surface area contributed by atoms with Crippen LogP contribution in [-0.2, 0) is 6.54 Å². The van der Waals surface area contributed by atoms with E-state index in [9.17, 15) is 4.39 Å². The Kier molecular flexibility index (Phi) is 4.55. The molecule has 0 saturated carbocycles. The Labute approximate surface area is 108 Å². The van der Waals surface area contributed by atoms with Crippen LogP contribution in [0.25, 0.3) is 0 Å². The number of rotatable bonds is 3. The van der Waals surface area contributed by atoms with Crippen LogP contribution in [0.4, 0.5) is 4.39 Å². The van der Waals surface area contributed by atoms with Gasteiger partial charge in [-0.3, -0.25) is 4.90 Å². The van der Waals surface area contributed by atoms with Gasteiger partial charge in [0.05, 0.1) is 7.11 Å². The molecule has 1 atom stereocenters. The average molecular weight is 252 g/mol. The predicted molar refractivity (Wildman–Crippen MR) is 70.1 cm³/mol. The van der Waals surface area contributed by atoms with E-state index >= 15 is 0 Å². The Balaban J connectivity index is 2.03. The van der Waals surface area contributed by atoms with Crippen LogP contribution in [0.2, 0.25) is 0 Å². The summed E-state index contributed by atoms with van der Waals surface area (Å²) in [5.74, 6) is 0.544. The number of hydrogen-bond acceptors (Lipinski definition) is 3. The van der Waals surface area contributed by atoms with Crippen LogP contribution in [0.15, 0.2) is 18.2 Å². The largest absolute Gasteiger partial charge is 0.497 e. The summed E-state index contributed by atoms with van der Waals surface area (Å²) in [5.41, 5.74) is 6.64. The third kappa shape index (κ3) is 3.43. The van der Waals surface area contributed by atoms with Crippen molar-refractivity contribution in [2.75, 3.05) is 20.2 Å². The van der Waals surface area contributed by atoms with Crippen LogP contribution in [0, 0.1) is 5.82 Å². The van der Waals surface area contributed by atoms with Gasteiger partial charge in [-0.25, -0.2) is 4.39 Å². The molecule has 0 aliphatic carbocycles. The third-order valence-electron chi connectivity index (χ3n) is 3.51. The minimum Gasteiger partial charge on any atom is -0.497 e. The van der Waals surface area contributed by atoms with E-state index in [0.29, 0.717) is 23.9 Å². The minimum absolute atomic E-state index is 0.163. The fourth-order valence-corrected chi connectivity index (χ4v) is 2.38. The van der Waals surface area contributed by atoms with Crippen LogP contribution < -0.4 is 10.5 Å². The van der Waals surface area contributed by atoms with Crippen LogP contribution in [0.3, 0.4) is 0 Å². The number of benzene rings is 1. The van der Waals surface area contributed by atoms with Crippen LogP contribution in [0.1, 0.15) is 24.8 Å². The van der Waals surface area contributed by atoms with Crippen LogP contribution in [0.5, 0.6) is 5.75 Å². The number of ether oxygens (including phenoxy) is 1. The van der Waals surface area contributed by atoms with Gasteiger partial charge >= 0.3 is 0 Å². The van der Waals surface area contributed by atoms with Crippen LogP contribution in [-0.4, -0.2) is 31.1 Å². The molecule has 1 aliphatic rings. The number of halogens is 1. The maximum atomic E-state index is 13.7. The second kappa shape index (κ2) is 6.16. The molecule has 1 saturated heterocycles. The molecule has 4 heteroatoms. The summed E-state index contributed by atoms with van der Waals surface area (Å²) in [6.45, 7) is 2.57. The normalized spacial score (nSPS) is 21.6. The molecule has 3 nitrogen and oxygen atoms in total. The number of nitrogens with zero attached hydrogens (tertiary/aromatic N) is 1. The number of likely N-dealkylation sites (tertiary alicyclic amines) is 1. The predicted octanol–water partition coefficient (Wildman–Crippen LogP) is 2.15. The van der Waals surface area contributed by atoms with Crippen molar-refractivity contribution in [2.45, 2.75) is 31.8 Å². The monoisotopic (exact) mass is 252 g/mol. The summed E-state index contributed by atoms with van der Waals surface area (Å²) < 4.78 is 18.9. The summed E-state index contributed by atoms with van der Waals surface area (Å²) in [7, 11) is 1.60. The molecule has 0 amide bonds. The highest BCUT2D eigenvalue weighted by molar-refractivity contribution is 5.29. The third-order valence-corrected chi connectivity index (χ3v) is 3.51. The second-order valence-electron chi connectivity index (χ2n) is 4.92. The molecule has 0 bridgehead atoms. The van der Waals surface area contributed by atoms with Crippen molar-refractivity contribution in [2.24, 2.45) is 5.73 Å². The van der Waals surface area contributed by atoms with Gasteiger partial charge in [0.1, 0.15) is 11.6 Å². The molecule has 2 N–H and O–H groups in total. The highest BCUT2D eigenvalue weighted by Gasteiger charge is 2.15. The van der Waals surface area contributed by atoms with Crippen molar-refractivity contribution in [3.8, 4) is 5.75 Å². The molecule has 1 aromatic carbocycles. The first-order chi connectivity index (χ1) is 8.69. The molecule has 0 spiro atoms. The van der Waals surface area contributed by atoms with Gasteiger partial charge in [0.2, 0.25) is 0 Å². The fourth-order valence-electron chi connectivity index (χ4n) is 2.38. The van der Waals surface area contributed by atoms with E-state index in [4.69, 9.17) is 10.5 Å². The summed E-state index contributed by atoms with van der Waals surface area (Å²) in [6.07, 6.45) is 3.15. The molecule has 1 aromatic rings. The number of nitrogens with two attached hydrogens (primary N) is 1. The summed E-state index contributed by atoms with van der Waals surface area (Å²) in [4.78, 5) is 2.27. The molecule has 1 fully saturated rings. The van der Waals surface area contributed by atoms with Crippen molar-refractivity contribution in [1.82, 2.24) is 4.90 Å². The smallest absolute Gasteiger partial charge is 0.127 e. The van der Waals surface area contributed by atoms with Gasteiger partial charge in [-0.2, -0.15) is 0 Å². The van der Waals surface area contributed by atoms with E-state index in [0.717, 1.165) is 32.4 Å². The zero-order chi connectivity index (χ0) is 13.0. The lowest BCUT2D eigenvalue weighted by Gasteiger charge is -2.20. The van der Waals surface area contributed by atoms with Gasteiger partial charge < -0.3 is 10.5 Å². The Morgan fingerprint density at radius 3 is 3.00 bits per heavy atom. The van der Waals surface area contributed by atoms with Gasteiger partial charge in [-0.05, 0) is 50.6 Å². The van der Waals surface area contributed by atoms with Crippen molar-refractivity contribution in [3.05, 3.63) is 29.6 Å². The highest BCUT2D eigenvalue weighted by atomic mass is 19.1. The van der Waals surface area contributed by atoms with E-state index in [-0.39, 0.29) is 5.82 Å². The SMILES string of the molecule is COc1ccc(F)c(CN2CCCC(N)CC2)c1. The Morgan fingerprint density at radius 1 is 1.39 bits per heavy atom. The van der Waals surface area contributed by atoms with Crippen LogP contribution >= 0.6 is 0 Å². The first-order valence-electron chi connectivity index (χ1n) is 6.49. The summed E-state index contributed by atoms with van der Waals surface area (Å²) in [6, 6.07) is 5.19. The maximum Gasteiger partial charge on any atom is 0.127 e. The quantitative estimate of drug-likeness (QED) is 0.895. The van der Waals surface area contributed by atoms with E-state index in [1.165, 1.54) is 6.07 Å². The van der Waals surface area contributed by atoms with Gasteiger partial charge in [0.25, 0.3) is 0 Å². The molecule has 0 radical (unpaired) electrons. The topological polar surface area (TPSA) is 38.5 Å². The zero-order valence-electron chi connectivity index (χ0n) is 10.9. The first kappa shape index (κ1) is 13.3. The lowest BCUT2D eigenvalue weighted by atomic mass is 10.1. The molecule has 1 heterocycles. The van der Waals surface area contributed by atoms with Gasteiger partial charge in [0, 0.05) is 18.2 Å². The molecular weight excluding hydrogens is 231 g/mol. The molecular formula is C14H21FN2O. The first-order valence-corrected chi connectivity index (χ1v) is 6.49. The van der Waals surface area contributed by atoms with Gasteiger partial charge in [-0.15, -0.1) is 0 Å². The lowest BCUT2D eigenvalue weighted by molar-refractivity contribution is 0.271.